The molecule has 0 saturated carbocycles. The molecule has 26 heavy (non-hydrogen) atoms. The first-order valence-corrected chi connectivity index (χ1v) is 9.47. The molecule has 5 N–H and O–H groups in total. The average molecular weight is 419 g/mol. The number of primary sulfonamides is 2. The number of esters is 1. The van der Waals surface area contributed by atoms with E-state index in [0.29, 0.717) is 0 Å². The molecule has 0 aliphatic rings. The Morgan fingerprint density at radius 2 is 1.58 bits per heavy atom. The largest absolute Gasteiger partial charge is 0.459 e. The molecule has 0 saturated heterocycles. The lowest BCUT2D eigenvalue weighted by molar-refractivity contribution is -0.152. The summed E-state index contributed by atoms with van der Waals surface area (Å²) in [7, 11) is -9.83. The number of hydrogen-bond acceptors (Lipinski definition) is 7. The van der Waals surface area contributed by atoms with Crippen molar-refractivity contribution < 1.29 is 44.3 Å². The number of carbonyl (C=O) groups is 2. The zero-order chi connectivity index (χ0) is 20.5. The van der Waals surface area contributed by atoms with Gasteiger partial charge in [0.05, 0.1) is 22.8 Å². The van der Waals surface area contributed by atoms with E-state index in [0.717, 1.165) is 0 Å². The van der Waals surface area contributed by atoms with Crippen molar-refractivity contribution in [2.75, 3.05) is 11.9 Å². The van der Waals surface area contributed by atoms with Crippen LogP contribution in [-0.2, 0) is 40.5 Å². The predicted octanol–water partition coefficient (Wildman–Crippen LogP) is -0.498. The highest BCUT2D eigenvalue weighted by atomic mass is 32.2. The second-order valence-corrected chi connectivity index (χ2v) is 7.67. The molecule has 1 amide bonds. The minimum atomic E-state index is -5.29. The van der Waals surface area contributed by atoms with Gasteiger partial charge in [0.25, 0.3) is 0 Å². The van der Waals surface area contributed by atoms with Gasteiger partial charge >= 0.3 is 18.1 Å². The molecule has 0 radical (unpaired) electrons. The monoisotopic (exact) mass is 419 g/mol. The van der Waals surface area contributed by atoms with Gasteiger partial charge in [0.1, 0.15) is 4.90 Å². The first-order valence-electron chi connectivity index (χ1n) is 6.38. The number of amides is 1. The van der Waals surface area contributed by atoms with E-state index in [1.54, 1.807) is 5.32 Å². The Kier molecular flexibility index (Phi) is 6.02. The minimum Gasteiger partial charge on any atom is -0.459 e. The second-order valence-electron chi connectivity index (χ2n) is 4.61. The van der Waals surface area contributed by atoms with Crippen LogP contribution in [0.1, 0.15) is 12.5 Å². The maximum Gasteiger partial charge on any atom is 0.417 e. The van der Waals surface area contributed by atoms with E-state index in [2.05, 4.69) is 9.88 Å². The van der Waals surface area contributed by atoms with Crippen LogP contribution < -0.4 is 15.6 Å². The number of carbonyl (C=O) groups excluding carboxylic acids is 2. The van der Waals surface area contributed by atoms with Crippen LogP contribution in [0.3, 0.4) is 0 Å². The summed E-state index contributed by atoms with van der Waals surface area (Å²) in [6.45, 7) is 1.09. The molecule has 0 atom stereocenters. The molecule has 0 heterocycles. The molecule has 0 spiro atoms. The number of nitrogens with one attached hydrogen (secondary N) is 1. The Bertz CT molecular complexity index is 956. The maximum atomic E-state index is 13.1. The molecule has 0 unspecified atom stereocenters. The molecule has 0 aromatic heterocycles. The van der Waals surface area contributed by atoms with Crippen LogP contribution in [0, 0.1) is 0 Å². The molecule has 10 nitrogen and oxygen atoms in total. The van der Waals surface area contributed by atoms with Crippen molar-refractivity contribution in [3.8, 4) is 0 Å². The Balaban J connectivity index is 3.74. The highest BCUT2D eigenvalue weighted by molar-refractivity contribution is 7.90. The van der Waals surface area contributed by atoms with Gasteiger partial charge in [0.15, 0.2) is 0 Å². The summed E-state index contributed by atoms with van der Waals surface area (Å²) in [6.07, 6.45) is -5.29. The highest BCUT2D eigenvalue weighted by Gasteiger charge is 2.39. The van der Waals surface area contributed by atoms with Crippen molar-refractivity contribution >= 4 is 37.6 Å². The second kappa shape index (κ2) is 7.18. The number of rotatable bonds is 4. The number of nitrogens with two attached hydrogens (primary N) is 2. The van der Waals surface area contributed by atoms with E-state index in [9.17, 15) is 39.6 Å². The first kappa shape index (κ1) is 21.8. The minimum absolute atomic E-state index is 0.0172. The molecule has 15 heteroatoms. The van der Waals surface area contributed by atoms with Gasteiger partial charge in [-0.25, -0.2) is 31.9 Å². The van der Waals surface area contributed by atoms with E-state index in [1.807, 2.05) is 0 Å². The third kappa shape index (κ3) is 5.13. The lowest BCUT2D eigenvalue weighted by Crippen LogP contribution is -2.28. The fourth-order valence-corrected chi connectivity index (χ4v) is 3.26. The number of benzene rings is 1. The van der Waals surface area contributed by atoms with Crippen molar-refractivity contribution in [2.45, 2.75) is 22.9 Å². The Morgan fingerprint density at radius 1 is 1.08 bits per heavy atom. The third-order valence-corrected chi connectivity index (χ3v) is 4.61. The molecule has 146 valence electrons. The van der Waals surface area contributed by atoms with Crippen LogP contribution in [0.15, 0.2) is 21.9 Å². The van der Waals surface area contributed by atoms with Crippen molar-refractivity contribution in [3.63, 3.8) is 0 Å². The van der Waals surface area contributed by atoms with Crippen LogP contribution in [0.4, 0.5) is 18.9 Å². The number of ether oxygens (including phenoxy) is 1. The van der Waals surface area contributed by atoms with Gasteiger partial charge in [0.2, 0.25) is 20.0 Å². The summed E-state index contributed by atoms with van der Waals surface area (Å²) in [4.78, 5) is 20.1. The van der Waals surface area contributed by atoms with Crippen LogP contribution in [0.25, 0.3) is 0 Å². The first-order chi connectivity index (χ1) is 11.6. The summed E-state index contributed by atoms with van der Waals surface area (Å²) >= 11 is 0. The predicted molar refractivity (Wildman–Crippen MR) is 79.5 cm³/mol. The standard InChI is InChI=1S/C11H12F3N3O7S2/c1-2-24-10(19)9(18)17-6-3-5(11(12,13)14)7(25(15,20)21)4-8(6)26(16,22)23/h3-4H,2H2,1H3,(H,17,18)(H2,15,20,21)(H2,16,22,23). The summed E-state index contributed by atoms with van der Waals surface area (Å²) < 4.78 is 89.5. The van der Waals surface area contributed by atoms with Gasteiger partial charge in [0, 0.05) is 0 Å². The van der Waals surface area contributed by atoms with Gasteiger partial charge in [-0.05, 0) is 19.1 Å². The molecule has 0 fully saturated rings. The van der Waals surface area contributed by atoms with Crippen molar-refractivity contribution in [2.24, 2.45) is 10.3 Å². The van der Waals surface area contributed by atoms with Gasteiger partial charge in [-0.2, -0.15) is 13.2 Å². The highest BCUT2D eigenvalue weighted by Crippen LogP contribution is 2.38. The zero-order valence-electron chi connectivity index (χ0n) is 12.8. The van der Waals surface area contributed by atoms with Crippen LogP contribution in [0.2, 0.25) is 0 Å². The molecule has 1 aromatic carbocycles. The van der Waals surface area contributed by atoms with Gasteiger partial charge in [-0.3, -0.25) is 4.79 Å². The van der Waals surface area contributed by atoms with E-state index in [-0.39, 0.29) is 18.7 Å². The third-order valence-electron chi connectivity index (χ3n) is 2.71. The van der Waals surface area contributed by atoms with E-state index in [4.69, 9.17) is 5.14 Å². The van der Waals surface area contributed by atoms with Crippen LogP contribution >= 0.6 is 0 Å². The number of anilines is 1. The van der Waals surface area contributed by atoms with E-state index >= 15 is 0 Å². The number of halogens is 3. The zero-order valence-corrected chi connectivity index (χ0v) is 14.5. The molecular weight excluding hydrogens is 407 g/mol. The smallest absolute Gasteiger partial charge is 0.417 e. The molecule has 1 aromatic rings. The number of hydrogen-bond donors (Lipinski definition) is 3. The molecule has 1 rings (SSSR count). The van der Waals surface area contributed by atoms with Gasteiger partial charge in [-0.15, -0.1) is 0 Å². The normalized spacial score (nSPS) is 12.5. The lowest BCUT2D eigenvalue weighted by atomic mass is 10.2. The SMILES string of the molecule is CCOC(=O)C(=O)Nc1cc(C(F)(F)F)c(S(N)(=O)=O)cc1S(N)(=O)=O. The molecule has 0 bridgehead atoms. The van der Waals surface area contributed by atoms with E-state index in [1.165, 1.54) is 6.92 Å². The van der Waals surface area contributed by atoms with Crippen molar-refractivity contribution in [3.05, 3.63) is 17.7 Å². The number of alkyl halides is 3. The molecule has 0 aliphatic heterocycles. The van der Waals surface area contributed by atoms with E-state index < -0.39 is 59.1 Å². The topological polar surface area (TPSA) is 176 Å². The average Bonchev–Trinajstić information content (AvgIpc) is 2.43. The molecular formula is C11H12F3N3O7S2. The van der Waals surface area contributed by atoms with Crippen LogP contribution in [0.5, 0.6) is 0 Å². The van der Waals surface area contributed by atoms with Crippen LogP contribution in [-0.4, -0.2) is 35.3 Å². The fraction of sp³-hybridized carbons (Fsp3) is 0.273. The summed E-state index contributed by atoms with van der Waals surface area (Å²) in [6, 6.07) is 0.0187. The van der Waals surface area contributed by atoms with Gasteiger partial charge < -0.3 is 10.1 Å². The Labute approximate surface area is 145 Å². The lowest BCUT2D eigenvalue weighted by Gasteiger charge is -2.16. The summed E-state index contributed by atoms with van der Waals surface area (Å²) in [5.74, 6) is -3.12. The Hall–Kier alpha value is -2.23. The van der Waals surface area contributed by atoms with Crippen molar-refractivity contribution in [1.29, 1.82) is 0 Å². The van der Waals surface area contributed by atoms with Gasteiger partial charge in [-0.1, -0.05) is 0 Å². The maximum absolute atomic E-state index is 13.1. The summed E-state index contributed by atoms with van der Waals surface area (Å²) in [5.41, 5.74) is -2.95. The Morgan fingerprint density at radius 3 is 1.96 bits per heavy atom. The van der Waals surface area contributed by atoms with Crippen molar-refractivity contribution in [1.82, 2.24) is 0 Å². The molecule has 0 aliphatic carbocycles. The quantitative estimate of drug-likeness (QED) is 0.435. The fourth-order valence-electron chi connectivity index (χ4n) is 1.72. The number of sulfonamides is 2. The summed E-state index contributed by atoms with van der Waals surface area (Å²) in [5, 5.41) is 11.1.